The lowest BCUT2D eigenvalue weighted by Crippen LogP contribution is -1.87. The molecule has 15 heavy (non-hydrogen) atoms. The van der Waals surface area contributed by atoms with E-state index in [2.05, 4.69) is 9.97 Å². The third-order valence-electron chi connectivity index (χ3n) is 2.20. The maximum Gasteiger partial charge on any atom is 0.119 e. The average molecular weight is 223 g/mol. The van der Waals surface area contributed by atoms with Crippen LogP contribution in [-0.2, 0) is 5.88 Å². The van der Waals surface area contributed by atoms with Crippen molar-refractivity contribution in [3.63, 3.8) is 0 Å². The summed E-state index contributed by atoms with van der Waals surface area (Å²) in [5.74, 6) is 1.24. The molecule has 2 aromatic rings. The van der Waals surface area contributed by atoms with Crippen LogP contribution in [0.2, 0.25) is 0 Å². The molecule has 2 rings (SSSR count). The number of H-pyrrole nitrogens is 1. The van der Waals surface area contributed by atoms with Crippen molar-refractivity contribution in [3.05, 3.63) is 36.3 Å². The van der Waals surface area contributed by atoms with E-state index in [-0.39, 0.29) is 0 Å². The number of methoxy groups -OCH3 is 1. The molecule has 1 aromatic heterocycles. The fraction of sp³-hybridized carbons (Fsp3) is 0.182. The Hall–Kier alpha value is -1.48. The molecule has 0 amide bonds. The number of ether oxygens (including phenoxy) is 1. The van der Waals surface area contributed by atoms with Crippen molar-refractivity contribution < 1.29 is 4.74 Å². The number of imidazole rings is 1. The van der Waals surface area contributed by atoms with Crippen LogP contribution in [0.4, 0.5) is 0 Å². The van der Waals surface area contributed by atoms with Crippen molar-refractivity contribution in [2.24, 2.45) is 0 Å². The first-order chi connectivity index (χ1) is 7.35. The van der Waals surface area contributed by atoms with Gasteiger partial charge in [0.15, 0.2) is 0 Å². The van der Waals surface area contributed by atoms with Gasteiger partial charge in [0, 0.05) is 5.56 Å². The minimum absolute atomic E-state index is 0.423. The predicted molar refractivity (Wildman–Crippen MR) is 60.1 cm³/mol. The Balaban J connectivity index is 2.44. The van der Waals surface area contributed by atoms with Gasteiger partial charge in [-0.2, -0.15) is 0 Å². The van der Waals surface area contributed by atoms with Crippen molar-refractivity contribution in [1.82, 2.24) is 9.97 Å². The molecular weight excluding hydrogens is 212 g/mol. The molecule has 0 saturated carbocycles. The van der Waals surface area contributed by atoms with Crippen molar-refractivity contribution in [1.29, 1.82) is 0 Å². The molecule has 78 valence electrons. The van der Waals surface area contributed by atoms with E-state index < -0.39 is 0 Å². The number of halogens is 1. The van der Waals surface area contributed by atoms with E-state index in [0.717, 1.165) is 22.7 Å². The van der Waals surface area contributed by atoms with E-state index in [1.165, 1.54) is 0 Å². The second-order valence-electron chi connectivity index (χ2n) is 3.10. The summed E-state index contributed by atoms with van der Waals surface area (Å²) < 4.78 is 5.16. The second kappa shape index (κ2) is 4.36. The summed E-state index contributed by atoms with van der Waals surface area (Å²) in [6.45, 7) is 0. The van der Waals surface area contributed by atoms with Gasteiger partial charge in [0.1, 0.15) is 5.75 Å². The van der Waals surface area contributed by atoms with E-state index >= 15 is 0 Å². The Morgan fingerprint density at radius 1 is 1.47 bits per heavy atom. The molecule has 0 aliphatic rings. The van der Waals surface area contributed by atoms with Gasteiger partial charge in [0.25, 0.3) is 0 Å². The smallest absolute Gasteiger partial charge is 0.119 e. The largest absolute Gasteiger partial charge is 0.497 e. The van der Waals surface area contributed by atoms with Crippen LogP contribution < -0.4 is 4.74 Å². The van der Waals surface area contributed by atoms with Crippen LogP contribution in [-0.4, -0.2) is 17.1 Å². The van der Waals surface area contributed by atoms with Crippen molar-refractivity contribution in [2.45, 2.75) is 5.88 Å². The number of benzene rings is 1. The van der Waals surface area contributed by atoms with Crippen molar-refractivity contribution in [2.75, 3.05) is 7.11 Å². The molecule has 0 radical (unpaired) electrons. The van der Waals surface area contributed by atoms with Gasteiger partial charge < -0.3 is 9.72 Å². The van der Waals surface area contributed by atoms with E-state index in [1.54, 1.807) is 13.4 Å². The quantitative estimate of drug-likeness (QED) is 0.811. The zero-order valence-corrected chi connectivity index (χ0v) is 9.08. The van der Waals surface area contributed by atoms with Crippen LogP contribution in [0.5, 0.6) is 5.75 Å². The number of nitrogens with one attached hydrogen (secondary N) is 1. The molecule has 3 nitrogen and oxygen atoms in total. The lowest BCUT2D eigenvalue weighted by molar-refractivity contribution is 0.415. The summed E-state index contributed by atoms with van der Waals surface area (Å²) in [4.78, 5) is 7.24. The van der Waals surface area contributed by atoms with E-state index in [1.807, 2.05) is 24.3 Å². The standard InChI is InChI=1S/C11H11ClN2O/c1-15-9-4-2-3-8(5-9)11-10(6-12)13-7-14-11/h2-5,7H,6H2,1H3,(H,13,14). The SMILES string of the molecule is COc1cccc(-c2nc[nH]c2CCl)c1. The highest BCUT2D eigenvalue weighted by Crippen LogP contribution is 2.25. The Labute approximate surface area is 93.1 Å². The fourth-order valence-electron chi connectivity index (χ4n) is 1.44. The first-order valence-electron chi connectivity index (χ1n) is 4.58. The average Bonchev–Trinajstić information content (AvgIpc) is 2.77. The third kappa shape index (κ3) is 1.97. The third-order valence-corrected chi connectivity index (χ3v) is 2.46. The summed E-state index contributed by atoms with van der Waals surface area (Å²) in [6.07, 6.45) is 1.65. The zero-order chi connectivity index (χ0) is 10.7. The molecule has 0 spiro atoms. The van der Waals surface area contributed by atoms with Gasteiger partial charge in [-0.3, -0.25) is 0 Å². The molecule has 0 atom stereocenters. The Morgan fingerprint density at radius 2 is 2.33 bits per heavy atom. The highest BCUT2D eigenvalue weighted by Gasteiger charge is 2.07. The number of aromatic nitrogens is 2. The summed E-state index contributed by atoms with van der Waals surface area (Å²) >= 11 is 5.79. The molecule has 1 aromatic carbocycles. The van der Waals surface area contributed by atoms with Crippen LogP contribution in [0, 0.1) is 0 Å². The normalized spacial score (nSPS) is 10.3. The monoisotopic (exact) mass is 222 g/mol. The molecule has 4 heteroatoms. The molecule has 1 heterocycles. The first-order valence-corrected chi connectivity index (χ1v) is 5.11. The van der Waals surface area contributed by atoms with E-state index in [0.29, 0.717) is 5.88 Å². The molecule has 0 aliphatic heterocycles. The maximum atomic E-state index is 5.79. The lowest BCUT2D eigenvalue weighted by atomic mass is 10.1. The summed E-state index contributed by atoms with van der Waals surface area (Å²) in [5.41, 5.74) is 2.81. The number of hydrogen-bond donors (Lipinski definition) is 1. The number of nitrogens with zero attached hydrogens (tertiary/aromatic N) is 1. The Bertz CT molecular complexity index is 453. The predicted octanol–water partition coefficient (Wildman–Crippen LogP) is 2.82. The molecular formula is C11H11ClN2O. The molecule has 0 aliphatic carbocycles. The number of hydrogen-bond acceptors (Lipinski definition) is 2. The van der Waals surface area contributed by atoms with Gasteiger partial charge in [0.2, 0.25) is 0 Å². The maximum absolute atomic E-state index is 5.79. The zero-order valence-electron chi connectivity index (χ0n) is 8.33. The molecule has 1 N–H and O–H groups in total. The topological polar surface area (TPSA) is 37.9 Å². The van der Waals surface area contributed by atoms with Crippen LogP contribution in [0.25, 0.3) is 11.3 Å². The van der Waals surface area contributed by atoms with Gasteiger partial charge in [-0.25, -0.2) is 4.98 Å². The second-order valence-corrected chi connectivity index (χ2v) is 3.36. The fourth-order valence-corrected chi connectivity index (χ4v) is 1.65. The highest BCUT2D eigenvalue weighted by molar-refractivity contribution is 6.17. The molecule has 0 saturated heterocycles. The van der Waals surface area contributed by atoms with Gasteiger partial charge in [0.05, 0.1) is 30.7 Å². The Kier molecular flexibility index (Phi) is 2.92. The van der Waals surface area contributed by atoms with Gasteiger partial charge in [-0.15, -0.1) is 11.6 Å². The van der Waals surface area contributed by atoms with Crippen LogP contribution in [0.1, 0.15) is 5.69 Å². The van der Waals surface area contributed by atoms with Crippen molar-refractivity contribution in [3.8, 4) is 17.0 Å². The van der Waals surface area contributed by atoms with Crippen LogP contribution in [0.3, 0.4) is 0 Å². The van der Waals surface area contributed by atoms with Gasteiger partial charge >= 0.3 is 0 Å². The first kappa shape index (κ1) is 10.1. The van der Waals surface area contributed by atoms with E-state index in [4.69, 9.17) is 16.3 Å². The summed E-state index contributed by atoms with van der Waals surface area (Å²) in [7, 11) is 1.64. The molecule has 0 unspecified atom stereocenters. The number of aromatic amines is 1. The summed E-state index contributed by atoms with van der Waals surface area (Å²) in [5, 5.41) is 0. The highest BCUT2D eigenvalue weighted by atomic mass is 35.5. The van der Waals surface area contributed by atoms with E-state index in [9.17, 15) is 0 Å². The molecule has 0 fully saturated rings. The van der Waals surface area contributed by atoms with Crippen molar-refractivity contribution >= 4 is 11.6 Å². The van der Waals surface area contributed by atoms with Gasteiger partial charge in [-0.05, 0) is 12.1 Å². The number of rotatable bonds is 3. The number of alkyl halides is 1. The molecule has 0 bridgehead atoms. The Morgan fingerprint density at radius 3 is 3.07 bits per heavy atom. The van der Waals surface area contributed by atoms with Gasteiger partial charge in [-0.1, -0.05) is 12.1 Å². The lowest BCUT2D eigenvalue weighted by Gasteiger charge is -2.03. The van der Waals surface area contributed by atoms with Crippen LogP contribution >= 0.6 is 11.6 Å². The summed E-state index contributed by atoms with van der Waals surface area (Å²) in [6, 6.07) is 7.75. The minimum Gasteiger partial charge on any atom is -0.497 e. The minimum atomic E-state index is 0.423. The van der Waals surface area contributed by atoms with Crippen LogP contribution in [0.15, 0.2) is 30.6 Å².